The minimum Gasteiger partial charge on any atom is -0.466 e. The summed E-state index contributed by atoms with van der Waals surface area (Å²) in [5, 5.41) is 17.2. The predicted molar refractivity (Wildman–Crippen MR) is 88.4 cm³/mol. The average molecular weight is 321 g/mol. The van der Waals surface area contributed by atoms with Gasteiger partial charge in [0, 0.05) is 31.1 Å². The number of aliphatic hydroxyl groups is 1. The molecule has 3 heterocycles. The number of furan rings is 1. The Kier molecular flexibility index (Phi) is 4.52. The molecule has 0 spiro atoms. The Balaban J connectivity index is 1.48. The van der Waals surface area contributed by atoms with E-state index in [1.807, 2.05) is 13.0 Å². The maximum atomic E-state index is 10.5. The zero-order chi connectivity index (χ0) is 15.6. The summed E-state index contributed by atoms with van der Waals surface area (Å²) in [7, 11) is 0. The number of hydrogen-bond donors (Lipinski definition) is 2. The van der Waals surface area contributed by atoms with Crippen LogP contribution in [0.1, 0.15) is 31.2 Å². The molecule has 0 radical (unpaired) electrons. The maximum absolute atomic E-state index is 10.5. The van der Waals surface area contributed by atoms with Crippen LogP contribution in [0.15, 0.2) is 28.2 Å². The van der Waals surface area contributed by atoms with Gasteiger partial charge in [-0.15, -0.1) is 11.3 Å². The molecule has 2 aromatic heterocycles. The lowest BCUT2D eigenvalue weighted by atomic mass is 10.0. The van der Waals surface area contributed by atoms with Gasteiger partial charge in [0.05, 0.1) is 12.0 Å². The molecular formula is C16H23N3O2S. The second kappa shape index (κ2) is 6.40. The number of anilines is 1. The lowest BCUT2D eigenvalue weighted by Crippen LogP contribution is -2.46. The molecule has 0 aromatic carbocycles. The molecule has 3 rings (SSSR count). The molecular weight excluding hydrogens is 298 g/mol. The Labute approximate surface area is 135 Å². The van der Waals surface area contributed by atoms with Gasteiger partial charge < -0.3 is 19.7 Å². The van der Waals surface area contributed by atoms with E-state index in [0.29, 0.717) is 18.3 Å². The third-order valence-electron chi connectivity index (χ3n) is 4.16. The van der Waals surface area contributed by atoms with Crippen molar-refractivity contribution >= 4 is 16.5 Å². The van der Waals surface area contributed by atoms with Crippen LogP contribution in [0.4, 0.5) is 5.13 Å². The largest absolute Gasteiger partial charge is 0.466 e. The van der Waals surface area contributed by atoms with E-state index in [1.54, 1.807) is 30.6 Å². The second-order valence-electron chi connectivity index (χ2n) is 6.16. The highest BCUT2D eigenvalue weighted by Gasteiger charge is 2.28. The smallest absolute Gasteiger partial charge is 0.185 e. The number of hydrogen-bond acceptors (Lipinski definition) is 6. The van der Waals surface area contributed by atoms with Gasteiger partial charge in [-0.2, -0.15) is 0 Å². The SMILES string of the molecule is Cc1csc(N2CCC(NCC(C)(O)c3ccco3)CC2)n1. The van der Waals surface area contributed by atoms with Crippen molar-refractivity contribution in [2.75, 3.05) is 24.5 Å². The Bertz CT molecular complexity index is 586. The van der Waals surface area contributed by atoms with Gasteiger partial charge in [-0.3, -0.25) is 0 Å². The van der Waals surface area contributed by atoms with E-state index in [2.05, 4.69) is 20.6 Å². The molecule has 1 aliphatic heterocycles. The van der Waals surface area contributed by atoms with Gasteiger partial charge in [-0.05, 0) is 38.8 Å². The van der Waals surface area contributed by atoms with Gasteiger partial charge >= 0.3 is 0 Å². The summed E-state index contributed by atoms with van der Waals surface area (Å²) in [4.78, 5) is 6.90. The van der Waals surface area contributed by atoms with Crippen LogP contribution in [0.3, 0.4) is 0 Å². The van der Waals surface area contributed by atoms with Crippen molar-refractivity contribution < 1.29 is 9.52 Å². The normalized spacial score (nSPS) is 19.3. The predicted octanol–water partition coefficient (Wildman–Crippen LogP) is 2.51. The molecule has 6 heteroatoms. The second-order valence-corrected chi connectivity index (χ2v) is 7.00. The van der Waals surface area contributed by atoms with Crippen molar-refractivity contribution in [3.05, 3.63) is 35.2 Å². The van der Waals surface area contributed by atoms with Crippen molar-refractivity contribution in [3.63, 3.8) is 0 Å². The third-order valence-corrected chi connectivity index (χ3v) is 5.18. The number of thiazole rings is 1. The summed E-state index contributed by atoms with van der Waals surface area (Å²) < 4.78 is 5.31. The highest BCUT2D eigenvalue weighted by Crippen LogP contribution is 2.25. The first-order valence-corrected chi connectivity index (χ1v) is 8.59. The minimum atomic E-state index is -0.965. The molecule has 0 aliphatic carbocycles. The van der Waals surface area contributed by atoms with Crippen molar-refractivity contribution in [2.45, 2.75) is 38.3 Å². The average Bonchev–Trinajstić information content (AvgIpc) is 3.17. The first-order valence-electron chi connectivity index (χ1n) is 7.71. The molecule has 5 nitrogen and oxygen atoms in total. The Morgan fingerprint density at radius 1 is 1.50 bits per heavy atom. The van der Waals surface area contributed by atoms with Crippen LogP contribution in [0.25, 0.3) is 0 Å². The first-order chi connectivity index (χ1) is 10.5. The molecule has 1 unspecified atom stereocenters. The summed E-state index contributed by atoms with van der Waals surface area (Å²) in [6, 6.07) is 4.05. The Morgan fingerprint density at radius 3 is 2.86 bits per heavy atom. The van der Waals surface area contributed by atoms with Gasteiger partial charge in [0.15, 0.2) is 5.13 Å². The fourth-order valence-corrected chi connectivity index (χ4v) is 3.63. The van der Waals surface area contributed by atoms with Crippen LogP contribution in [0, 0.1) is 6.92 Å². The molecule has 1 fully saturated rings. The minimum absolute atomic E-state index is 0.429. The van der Waals surface area contributed by atoms with E-state index in [4.69, 9.17) is 4.42 Å². The number of aryl methyl sites for hydroxylation is 1. The van der Waals surface area contributed by atoms with Crippen molar-refractivity contribution in [2.24, 2.45) is 0 Å². The molecule has 2 aromatic rings. The van der Waals surface area contributed by atoms with Crippen LogP contribution >= 0.6 is 11.3 Å². The lowest BCUT2D eigenvalue weighted by molar-refractivity contribution is 0.0308. The monoisotopic (exact) mass is 321 g/mol. The van der Waals surface area contributed by atoms with Crippen LogP contribution in [0.2, 0.25) is 0 Å². The third kappa shape index (κ3) is 3.51. The maximum Gasteiger partial charge on any atom is 0.185 e. The van der Waals surface area contributed by atoms with Gasteiger partial charge in [0.1, 0.15) is 11.4 Å². The molecule has 0 amide bonds. The fraction of sp³-hybridized carbons (Fsp3) is 0.562. The zero-order valence-corrected chi connectivity index (χ0v) is 13.9. The standard InChI is InChI=1S/C16H23N3O2S/c1-12-10-22-15(18-12)19-7-5-13(6-8-19)17-11-16(2,20)14-4-3-9-21-14/h3-4,9-10,13,17,20H,5-8,11H2,1-2H3. The highest BCUT2D eigenvalue weighted by molar-refractivity contribution is 7.13. The van der Waals surface area contributed by atoms with E-state index < -0.39 is 5.60 Å². The van der Waals surface area contributed by atoms with E-state index in [0.717, 1.165) is 36.8 Å². The molecule has 1 saturated heterocycles. The topological polar surface area (TPSA) is 61.5 Å². The molecule has 120 valence electrons. The van der Waals surface area contributed by atoms with Gasteiger partial charge in [0.2, 0.25) is 0 Å². The number of rotatable bonds is 5. The molecule has 0 bridgehead atoms. The summed E-state index contributed by atoms with van der Waals surface area (Å²) >= 11 is 1.72. The molecule has 1 atom stereocenters. The lowest BCUT2D eigenvalue weighted by Gasteiger charge is -2.33. The molecule has 22 heavy (non-hydrogen) atoms. The van der Waals surface area contributed by atoms with Crippen LogP contribution in [-0.2, 0) is 5.60 Å². The summed E-state index contributed by atoms with van der Waals surface area (Å²) in [5.74, 6) is 0.607. The molecule has 1 aliphatic rings. The number of aromatic nitrogens is 1. The van der Waals surface area contributed by atoms with E-state index in [1.165, 1.54) is 0 Å². The molecule has 2 N–H and O–H groups in total. The molecule has 0 saturated carbocycles. The summed E-state index contributed by atoms with van der Waals surface area (Å²) in [6.07, 6.45) is 3.72. The van der Waals surface area contributed by atoms with Crippen LogP contribution in [-0.4, -0.2) is 35.8 Å². The number of nitrogens with zero attached hydrogens (tertiary/aromatic N) is 2. The van der Waals surface area contributed by atoms with Crippen molar-refractivity contribution in [3.8, 4) is 0 Å². The van der Waals surface area contributed by atoms with Crippen molar-refractivity contribution in [1.82, 2.24) is 10.3 Å². The summed E-state index contributed by atoms with van der Waals surface area (Å²) in [6.45, 7) is 6.33. The fourth-order valence-electron chi connectivity index (χ4n) is 2.78. The Morgan fingerprint density at radius 2 is 2.27 bits per heavy atom. The van der Waals surface area contributed by atoms with Gasteiger partial charge in [-0.25, -0.2) is 4.98 Å². The Hall–Kier alpha value is -1.37. The van der Waals surface area contributed by atoms with Crippen LogP contribution in [0.5, 0.6) is 0 Å². The quantitative estimate of drug-likeness (QED) is 0.886. The van der Waals surface area contributed by atoms with E-state index in [-0.39, 0.29) is 0 Å². The first kappa shape index (κ1) is 15.5. The summed E-state index contributed by atoms with van der Waals surface area (Å²) in [5.41, 5.74) is 0.127. The van der Waals surface area contributed by atoms with E-state index in [9.17, 15) is 5.11 Å². The van der Waals surface area contributed by atoms with Crippen LogP contribution < -0.4 is 10.2 Å². The van der Waals surface area contributed by atoms with Crippen molar-refractivity contribution in [1.29, 1.82) is 0 Å². The van der Waals surface area contributed by atoms with Gasteiger partial charge in [-0.1, -0.05) is 0 Å². The highest BCUT2D eigenvalue weighted by atomic mass is 32.1. The van der Waals surface area contributed by atoms with Gasteiger partial charge in [0.25, 0.3) is 0 Å². The zero-order valence-electron chi connectivity index (χ0n) is 13.1. The number of piperidine rings is 1. The van der Waals surface area contributed by atoms with E-state index >= 15 is 0 Å². The number of nitrogens with one attached hydrogen (secondary N) is 1.